The van der Waals surface area contributed by atoms with Crippen molar-refractivity contribution in [3.8, 4) is 5.75 Å². The fourth-order valence-electron chi connectivity index (χ4n) is 2.25. The standard InChI is InChI=1S/C19H19NO6/c1-3-25-19(24)13-7-9-14(10-8-13)20-16(21)11-26-17-12(2)5-4-6-15(17)18(22)23/h4-10H,3,11H2,1-2H3,(H,20,21)(H,22,23). The molecule has 2 aromatic carbocycles. The Morgan fingerprint density at radius 1 is 1.08 bits per heavy atom. The second kappa shape index (κ2) is 8.66. The van der Waals surface area contributed by atoms with E-state index in [0.29, 0.717) is 16.8 Å². The van der Waals surface area contributed by atoms with Crippen LogP contribution in [0.2, 0.25) is 0 Å². The van der Waals surface area contributed by atoms with Crippen LogP contribution < -0.4 is 10.1 Å². The van der Waals surface area contributed by atoms with Gasteiger partial charge in [0.2, 0.25) is 0 Å². The maximum atomic E-state index is 12.0. The highest BCUT2D eigenvalue weighted by molar-refractivity contribution is 5.94. The van der Waals surface area contributed by atoms with Gasteiger partial charge in [-0.2, -0.15) is 0 Å². The molecule has 0 heterocycles. The molecule has 2 N–H and O–H groups in total. The van der Waals surface area contributed by atoms with Crippen molar-refractivity contribution < 1.29 is 29.0 Å². The average Bonchev–Trinajstić information content (AvgIpc) is 2.61. The quantitative estimate of drug-likeness (QED) is 0.739. The van der Waals surface area contributed by atoms with Gasteiger partial charge in [0.25, 0.3) is 5.91 Å². The molecule has 0 aromatic heterocycles. The van der Waals surface area contributed by atoms with Crippen LogP contribution >= 0.6 is 0 Å². The number of rotatable bonds is 7. The summed E-state index contributed by atoms with van der Waals surface area (Å²) >= 11 is 0. The van der Waals surface area contributed by atoms with E-state index in [1.165, 1.54) is 6.07 Å². The summed E-state index contributed by atoms with van der Waals surface area (Å²) in [6.45, 7) is 3.36. The van der Waals surface area contributed by atoms with Crippen molar-refractivity contribution in [3.05, 3.63) is 59.2 Å². The van der Waals surface area contributed by atoms with Crippen molar-refractivity contribution in [2.45, 2.75) is 13.8 Å². The number of aromatic carboxylic acids is 1. The predicted molar refractivity (Wildman–Crippen MR) is 94.7 cm³/mol. The third-order valence-electron chi connectivity index (χ3n) is 3.47. The summed E-state index contributed by atoms with van der Waals surface area (Å²) in [4.78, 5) is 34.8. The van der Waals surface area contributed by atoms with Gasteiger partial charge in [-0.3, -0.25) is 4.79 Å². The summed E-state index contributed by atoms with van der Waals surface area (Å²) in [6.07, 6.45) is 0. The van der Waals surface area contributed by atoms with Crippen LogP contribution in [-0.4, -0.2) is 36.2 Å². The molecular weight excluding hydrogens is 338 g/mol. The molecule has 0 aliphatic rings. The van der Waals surface area contributed by atoms with Crippen LogP contribution in [0.25, 0.3) is 0 Å². The Morgan fingerprint density at radius 3 is 2.38 bits per heavy atom. The lowest BCUT2D eigenvalue weighted by Crippen LogP contribution is -2.21. The number of nitrogens with one attached hydrogen (secondary N) is 1. The monoisotopic (exact) mass is 357 g/mol. The number of benzene rings is 2. The van der Waals surface area contributed by atoms with E-state index in [0.717, 1.165) is 0 Å². The first-order chi connectivity index (χ1) is 12.4. The van der Waals surface area contributed by atoms with Crippen LogP contribution in [0, 0.1) is 6.92 Å². The second-order valence-electron chi connectivity index (χ2n) is 5.39. The third kappa shape index (κ3) is 4.83. The lowest BCUT2D eigenvalue weighted by Gasteiger charge is -2.12. The average molecular weight is 357 g/mol. The Hall–Kier alpha value is -3.35. The number of carboxylic acids is 1. The highest BCUT2D eigenvalue weighted by Gasteiger charge is 2.15. The minimum atomic E-state index is -1.13. The van der Waals surface area contributed by atoms with Gasteiger partial charge in [-0.05, 0) is 49.7 Å². The summed E-state index contributed by atoms with van der Waals surface area (Å²) in [5.74, 6) is -1.85. The van der Waals surface area contributed by atoms with E-state index in [4.69, 9.17) is 9.47 Å². The van der Waals surface area contributed by atoms with Crippen molar-refractivity contribution >= 4 is 23.5 Å². The van der Waals surface area contributed by atoms with Crippen LogP contribution in [0.5, 0.6) is 5.75 Å². The first kappa shape index (κ1) is 19.0. The zero-order valence-electron chi connectivity index (χ0n) is 14.4. The zero-order valence-corrected chi connectivity index (χ0v) is 14.4. The third-order valence-corrected chi connectivity index (χ3v) is 3.47. The van der Waals surface area contributed by atoms with Gasteiger partial charge in [0.15, 0.2) is 6.61 Å². The van der Waals surface area contributed by atoms with Gasteiger partial charge in [-0.15, -0.1) is 0 Å². The molecular formula is C19H19NO6. The minimum absolute atomic E-state index is 0.00316. The van der Waals surface area contributed by atoms with Crippen molar-refractivity contribution in [1.82, 2.24) is 0 Å². The van der Waals surface area contributed by atoms with Gasteiger partial charge in [-0.1, -0.05) is 12.1 Å². The smallest absolute Gasteiger partial charge is 0.339 e. The Balaban J connectivity index is 1.98. The zero-order chi connectivity index (χ0) is 19.1. The maximum Gasteiger partial charge on any atom is 0.339 e. The fourth-order valence-corrected chi connectivity index (χ4v) is 2.25. The molecule has 26 heavy (non-hydrogen) atoms. The lowest BCUT2D eigenvalue weighted by atomic mass is 10.1. The number of carboxylic acid groups (broad SMARTS) is 1. The van der Waals surface area contributed by atoms with Crippen LogP contribution in [0.15, 0.2) is 42.5 Å². The molecule has 0 aliphatic heterocycles. The maximum absolute atomic E-state index is 12.0. The summed E-state index contributed by atoms with van der Waals surface area (Å²) < 4.78 is 10.3. The highest BCUT2D eigenvalue weighted by Crippen LogP contribution is 2.23. The number of aryl methyl sites for hydroxylation is 1. The second-order valence-corrected chi connectivity index (χ2v) is 5.39. The normalized spacial score (nSPS) is 10.1. The first-order valence-electron chi connectivity index (χ1n) is 7.95. The first-order valence-corrected chi connectivity index (χ1v) is 7.95. The van der Waals surface area contributed by atoms with Gasteiger partial charge in [0, 0.05) is 5.69 Å². The van der Waals surface area contributed by atoms with E-state index in [-0.39, 0.29) is 24.5 Å². The molecule has 0 atom stereocenters. The summed E-state index contributed by atoms with van der Waals surface area (Å²) in [5.41, 5.74) is 1.48. The number of para-hydroxylation sites is 1. The van der Waals surface area contributed by atoms with E-state index in [9.17, 15) is 19.5 Å². The number of hydrogen-bond acceptors (Lipinski definition) is 5. The number of carbonyl (C=O) groups excluding carboxylic acids is 2. The Bertz CT molecular complexity index is 813. The highest BCUT2D eigenvalue weighted by atomic mass is 16.5. The Labute approximate surface area is 150 Å². The Morgan fingerprint density at radius 2 is 1.77 bits per heavy atom. The van der Waals surface area contributed by atoms with Crippen LogP contribution in [0.4, 0.5) is 5.69 Å². The van der Waals surface area contributed by atoms with Crippen molar-refractivity contribution in [1.29, 1.82) is 0 Å². The van der Waals surface area contributed by atoms with E-state index >= 15 is 0 Å². The largest absolute Gasteiger partial charge is 0.483 e. The minimum Gasteiger partial charge on any atom is -0.483 e. The van der Waals surface area contributed by atoms with Gasteiger partial charge in [0.05, 0.1) is 12.2 Å². The molecule has 0 radical (unpaired) electrons. The molecule has 2 rings (SSSR count). The molecule has 136 valence electrons. The number of carbonyl (C=O) groups is 3. The molecule has 0 saturated heterocycles. The van der Waals surface area contributed by atoms with E-state index in [2.05, 4.69) is 5.32 Å². The van der Waals surface area contributed by atoms with Crippen LogP contribution in [0.3, 0.4) is 0 Å². The molecule has 0 aliphatic carbocycles. The van der Waals surface area contributed by atoms with Crippen molar-refractivity contribution in [3.63, 3.8) is 0 Å². The van der Waals surface area contributed by atoms with Crippen LogP contribution in [0.1, 0.15) is 33.2 Å². The molecule has 1 amide bonds. The van der Waals surface area contributed by atoms with Gasteiger partial charge in [0.1, 0.15) is 11.3 Å². The molecule has 0 unspecified atom stereocenters. The van der Waals surface area contributed by atoms with Gasteiger partial charge < -0.3 is 19.9 Å². The molecule has 7 nitrogen and oxygen atoms in total. The topological polar surface area (TPSA) is 102 Å². The number of anilines is 1. The molecule has 0 bridgehead atoms. The lowest BCUT2D eigenvalue weighted by molar-refractivity contribution is -0.118. The van der Waals surface area contributed by atoms with E-state index < -0.39 is 17.8 Å². The van der Waals surface area contributed by atoms with Crippen LogP contribution in [-0.2, 0) is 9.53 Å². The number of hydrogen-bond donors (Lipinski definition) is 2. The van der Waals surface area contributed by atoms with E-state index in [1.807, 2.05) is 0 Å². The Kier molecular flexibility index (Phi) is 6.32. The molecule has 0 spiro atoms. The summed E-state index contributed by atoms with van der Waals surface area (Å²) in [7, 11) is 0. The van der Waals surface area contributed by atoms with E-state index in [1.54, 1.807) is 50.2 Å². The number of ether oxygens (including phenoxy) is 2. The molecule has 0 fully saturated rings. The van der Waals surface area contributed by atoms with Crippen molar-refractivity contribution in [2.75, 3.05) is 18.5 Å². The number of esters is 1. The molecule has 0 saturated carbocycles. The van der Waals surface area contributed by atoms with Gasteiger partial charge in [-0.25, -0.2) is 9.59 Å². The SMILES string of the molecule is CCOC(=O)c1ccc(NC(=O)COc2c(C)cccc2C(=O)O)cc1. The van der Waals surface area contributed by atoms with Gasteiger partial charge >= 0.3 is 11.9 Å². The summed E-state index contributed by atoms with van der Waals surface area (Å²) in [5, 5.41) is 11.8. The van der Waals surface area contributed by atoms with Crippen molar-refractivity contribution in [2.24, 2.45) is 0 Å². The fraction of sp³-hybridized carbons (Fsp3) is 0.211. The number of amides is 1. The summed E-state index contributed by atoms with van der Waals surface area (Å²) in [6, 6.07) is 10.9. The predicted octanol–water partition coefficient (Wildman–Crippen LogP) is 2.89. The molecule has 2 aromatic rings. The molecule has 7 heteroatoms.